The number of hydrogen-bond acceptors (Lipinski definition) is 5. The minimum Gasteiger partial charge on any atom is -0.465 e. The molecule has 0 unspecified atom stereocenters. The maximum Gasteiger partial charge on any atom is 0.337 e. The Morgan fingerprint density at radius 1 is 1.21 bits per heavy atom. The van der Waals surface area contributed by atoms with E-state index in [0.29, 0.717) is 30.6 Å². The zero-order chi connectivity index (χ0) is 17.5. The summed E-state index contributed by atoms with van der Waals surface area (Å²) in [5, 5.41) is 9.09. The number of amides is 1. The summed E-state index contributed by atoms with van der Waals surface area (Å²) in [6.45, 7) is 2.98. The number of carbonyl (C=O) groups excluding carboxylic acids is 2. The predicted octanol–water partition coefficient (Wildman–Crippen LogP) is 2.87. The third kappa shape index (κ3) is 4.66. The maximum absolute atomic E-state index is 12.8. The van der Waals surface area contributed by atoms with Crippen molar-refractivity contribution in [2.75, 3.05) is 20.3 Å². The Hall–Kier alpha value is -2.18. The molecule has 2 aromatic rings. The Bertz CT molecular complexity index is 711. The zero-order valence-corrected chi connectivity index (χ0v) is 14.6. The lowest BCUT2D eigenvalue weighted by Gasteiger charge is -2.22. The SMILES string of the molecule is COC(=O)c1cccc(C(=O)N(CCCO)Cc2ccc(C)s2)c1. The first kappa shape index (κ1) is 18.2. The van der Waals surface area contributed by atoms with Crippen LogP contribution in [-0.2, 0) is 11.3 Å². The molecule has 1 heterocycles. The number of carbonyl (C=O) groups is 2. The van der Waals surface area contributed by atoms with Crippen LogP contribution in [0.1, 0.15) is 36.9 Å². The summed E-state index contributed by atoms with van der Waals surface area (Å²) in [6.07, 6.45) is 0.507. The second-order valence-corrected chi connectivity index (χ2v) is 6.76. The average Bonchev–Trinajstić information content (AvgIpc) is 3.02. The molecule has 0 spiro atoms. The van der Waals surface area contributed by atoms with Crippen molar-refractivity contribution in [3.05, 3.63) is 57.3 Å². The van der Waals surface area contributed by atoms with Crippen molar-refractivity contribution < 1.29 is 19.4 Å². The first-order valence-electron chi connectivity index (χ1n) is 7.69. The van der Waals surface area contributed by atoms with E-state index in [4.69, 9.17) is 9.84 Å². The predicted molar refractivity (Wildman–Crippen MR) is 93.3 cm³/mol. The normalized spacial score (nSPS) is 10.5. The van der Waals surface area contributed by atoms with Crippen molar-refractivity contribution in [1.82, 2.24) is 4.90 Å². The summed E-state index contributed by atoms with van der Waals surface area (Å²) >= 11 is 1.64. The topological polar surface area (TPSA) is 66.8 Å². The molecular formula is C18H21NO4S. The minimum atomic E-state index is -0.472. The number of esters is 1. The first-order valence-corrected chi connectivity index (χ1v) is 8.50. The number of aliphatic hydroxyl groups is 1. The molecule has 0 fully saturated rings. The van der Waals surface area contributed by atoms with E-state index in [1.165, 1.54) is 12.0 Å². The maximum atomic E-state index is 12.8. The van der Waals surface area contributed by atoms with Crippen LogP contribution in [0.2, 0.25) is 0 Å². The largest absolute Gasteiger partial charge is 0.465 e. The highest BCUT2D eigenvalue weighted by molar-refractivity contribution is 7.11. The van der Waals surface area contributed by atoms with Crippen molar-refractivity contribution >= 4 is 23.2 Å². The van der Waals surface area contributed by atoms with Gasteiger partial charge in [-0.05, 0) is 43.7 Å². The molecule has 24 heavy (non-hydrogen) atoms. The van der Waals surface area contributed by atoms with Crippen molar-refractivity contribution in [2.45, 2.75) is 19.9 Å². The molecule has 0 bridgehead atoms. The molecule has 0 aliphatic rings. The number of nitrogens with zero attached hydrogens (tertiary/aromatic N) is 1. The summed E-state index contributed by atoms with van der Waals surface area (Å²) < 4.78 is 4.70. The molecule has 1 amide bonds. The second-order valence-electron chi connectivity index (χ2n) is 5.39. The fraction of sp³-hybridized carbons (Fsp3) is 0.333. The van der Waals surface area contributed by atoms with E-state index < -0.39 is 5.97 Å². The highest BCUT2D eigenvalue weighted by Crippen LogP contribution is 2.19. The van der Waals surface area contributed by atoms with Crippen LogP contribution in [0, 0.1) is 6.92 Å². The minimum absolute atomic E-state index is 0.0233. The van der Waals surface area contributed by atoms with E-state index in [1.807, 2.05) is 19.1 Å². The van der Waals surface area contributed by atoms with E-state index in [9.17, 15) is 9.59 Å². The summed E-state index contributed by atoms with van der Waals surface area (Å²) in [5.74, 6) is -0.638. The number of methoxy groups -OCH3 is 1. The summed E-state index contributed by atoms with van der Waals surface area (Å²) in [7, 11) is 1.31. The van der Waals surface area contributed by atoms with Gasteiger partial charge in [0.2, 0.25) is 0 Å². The molecule has 0 radical (unpaired) electrons. The monoisotopic (exact) mass is 347 g/mol. The number of hydrogen-bond donors (Lipinski definition) is 1. The highest BCUT2D eigenvalue weighted by atomic mass is 32.1. The van der Waals surface area contributed by atoms with Gasteiger partial charge in [0.25, 0.3) is 5.91 Å². The Balaban J connectivity index is 2.21. The van der Waals surface area contributed by atoms with Crippen LogP contribution in [0.3, 0.4) is 0 Å². The Morgan fingerprint density at radius 3 is 2.58 bits per heavy atom. The summed E-state index contributed by atoms with van der Waals surface area (Å²) in [6, 6.07) is 10.5. The van der Waals surface area contributed by atoms with Gasteiger partial charge in [0.1, 0.15) is 0 Å². The smallest absolute Gasteiger partial charge is 0.337 e. The first-order chi connectivity index (χ1) is 11.5. The Labute approximate surface area is 145 Å². The van der Waals surface area contributed by atoms with E-state index in [0.717, 1.165) is 4.88 Å². The van der Waals surface area contributed by atoms with Crippen LogP contribution < -0.4 is 0 Å². The van der Waals surface area contributed by atoms with Gasteiger partial charge >= 0.3 is 5.97 Å². The molecule has 0 saturated heterocycles. The van der Waals surface area contributed by atoms with Gasteiger partial charge in [-0.25, -0.2) is 4.79 Å². The van der Waals surface area contributed by atoms with Crippen LogP contribution in [0.5, 0.6) is 0 Å². The Kier molecular flexibility index (Phi) is 6.52. The van der Waals surface area contributed by atoms with E-state index >= 15 is 0 Å². The van der Waals surface area contributed by atoms with Crippen LogP contribution in [0.4, 0.5) is 0 Å². The van der Waals surface area contributed by atoms with Gasteiger partial charge in [-0.1, -0.05) is 6.07 Å². The third-order valence-electron chi connectivity index (χ3n) is 3.55. The standard InChI is InChI=1S/C18H21NO4S/c1-13-7-8-16(24-13)12-19(9-4-10-20)17(21)14-5-3-6-15(11-14)18(22)23-2/h3,5-8,11,20H,4,9-10,12H2,1-2H3. The fourth-order valence-electron chi connectivity index (χ4n) is 2.35. The lowest BCUT2D eigenvalue weighted by atomic mass is 10.1. The number of rotatable bonds is 7. The lowest BCUT2D eigenvalue weighted by Crippen LogP contribution is -2.31. The van der Waals surface area contributed by atoms with Gasteiger partial charge < -0.3 is 14.7 Å². The molecule has 0 atom stereocenters. The number of thiophene rings is 1. The Morgan fingerprint density at radius 2 is 1.96 bits per heavy atom. The van der Waals surface area contributed by atoms with Gasteiger partial charge in [0, 0.05) is 28.5 Å². The molecule has 128 valence electrons. The molecular weight excluding hydrogens is 326 g/mol. The van der Waals surface area contributed by atoms with Crippen LogP contribution in [0.15, 0.2) is 36.4 Å². The molecule has 0 aliphatic heterocycles. The quantitative estimate of drug-likeness (QED) is 0.782. The summed E-state index contributed by atoms with van der Waals surface area (Å²) in [4.78, 5) is 28.4. The van der Waals surface area contributed by atoms with E-state index in [1.54, 1.807) is 40.5 Å². The van der Waals surface area contributed by atoms with Crippen LogP contribution in [-0.4, -0.2) is 42.1 Å². The molecule has 1 N–H and O–H groups in total. The van der Waals surface area contributed by atoms with Gasteiger partial charge in [0.15, 0.2) is 0 Å². The van der Waals surface area contributed by atoms with Crippen molar-refractivity contribution in [3.8, 4) is 0 Å². The molecule has 1 aromatic heterocycles. The fourth-order valence-corrected chi connectivity index (χ4v) is 3.26. The van der Waals surface area contributed by atoms with E-state index in [-0.39, 0.29) is 12.5 Å². The molecule has 2 rings (SSSR count). The van der Waals surface area contributed by atoms with Gasteiger partial charge in [0.05, 0.1) is 19.2 Å². The van der Waals surface area contributed by atoms with E-state index in [2.05, 4.69) is 0 Å². The van der Waals surface area contributed by atoms with Crippen LogP contribution in [0.25, 0.3) is 0 Å². The average molecular weight is 347 g/mol. The van der Waals surface area contributed by atoms with Crippen molar-refractivity contribution in [1.29, 1.82) is 0 Å². The van der Waals surface area contributed by atoms with Crippen LogP contribution >= 0.6 is 11.3 Å². The number of aryl methyl sites for hydroxylation is 1. The summed E-state index contributed by atoms with van der Waals surface area (Å²) in [5.41, 5.74) is 0.779. The number of ether oxygens (including phenoxy) is 1. The van der Waals surface area contributed by atoms with Gasteiger partial charge in [-0.2, -0.15) is 0 Å². The molecule has 5 nitrogen and oxygen atoms in total. The highest BCUT2D eigenvalue weighted by Gasteiger charge is 2.18. The van der Waals surface area contributed by atoms with Crippen molar-refractivity contribution in [2.24, 2.45) is 0 Å². The van der Waals surface area contributed by atoms with Gasteiger partial charge in [-0.3, -0.25) is 4.79 Å². The van der Waals surface area contributed by atoms with Gasteiger partial charge in [-0.15, -0.1) is 11.3 Å². The number of aliphatic hydroxyl groups excluding tert-OH is 1. The third-order valence-corrected chi connectivity index (χ3v) is 4.53. The second kappa shape index (κ2) is 8.61. The lowest BCUT2D eigenvalue weighted by molar-refractivity contribution is 0.0600. The molecule has 0 saturated carbocycles. The molecule has 6 heteroatoms. The molecule has 0 aliphatic carbocycles. The number of benzene rings is 1. The zero-order valence-electron chi connectivity index (χ0n) is 13.8. The van der Waals surface area contributed by atoms with Crippen molar-refractivity contribution in [3.63, 3.8) is 0 Å². The molecule has 1 aromatic carbocycles.